The molecule has 0 aromatic carbocycles. The van der Waals surface area contributed by atoms with Crippen LogP contribution in [0.15, 0.2) is 34.9 Å². The van der Waals surface area contributed by atoms with Gasteiger partial charge in [0.25, 0.3) is 0 Å². The number of thiazole rings is 1. The molecule has 26 heavy (non-hydrogen) atoms. The minimum Gasteiger partial charge on any atom is -0.490 e. The Bertz CT molecular complexity index is 691. The van der Waals surface area contributed by atoms with Crippen molar-refractivity contribution in [3.05, 3.63) is 40.6 Å². The molecule has 2 N–H and O–H groups in total. The summed E-state index contributed by atoms with van der Waals surface area (Å²) in [6, 6.07) is 3.60. The summed E-state index contributed by atoms with van der Waals surface area (Å²) < 4.78 is 43.1. The Hall–Kier alpha value is -2.36. The van der Waals surface area contributed by atoms with E-state index in [1.807, 2.05) is 13.0 Å². The number of guanidine groups is 1. The van der Waals surface area contributed by atoms with Crippen molar-refractivity contribution < 1.29 is 17.9 Å². The fraction of sp³-hybridized carbons (Fsp3) is 0.438. The van der Waals surface area contributed by atoms with Crippen LogP contribution in [0.5, 0.6) is 5.75 Å². The summed E-state index contributed by atoms with van der Waals surface area (Å²) in [7, 11) is 0. The van der Waals surface area contributed by atoms with Gasteiger partial charge in [-0.15, -0.1) is 11.3 Å². The highest BCUT2D eigenvalue weighted by molar-refractivity contribution is 7.09. The first-order chi connectivity index (χ1) is 12.5. The van der Waals surface area contributed by atoms with Gasteiger partial charge in [0.05, 0.1) is 17.7 Å². The molecule has 0 aliphatic heterocycles. The van der Waals surface area contributed by atoms with Gasteiger partial charge in [0, 0.05) is 31.1 Å². The van der Waals surface area contributed by atoms with Crippen molar-refractivity contribution in [3.8, 4) is 5.75 Å². The summed E-state index contributed by atoms with van der Waals surface area (Å²) in [5, 5.41) is 7.61. The van der Waals surface area contributed by atoms with Gasteiger partial charge in [0.1, 0.15) is 12.4 Å². The average Bonchev–Trinajstić information content (AvgIpc) is 3.09. The third-order valence-electron chi connectivity index (χ3n) is 3.08. The average molecular weight is 387 g/mol. The van der Waals surface area contributed by atoms with Crippen molar-refractivity contribution in [3.63, 3.8) is 0 Å². The van der Waals surface area contributed by atoms with Gasteiger partial charge in [0.2, 0.25) is 0 Å². The SMILES string of the molecule is CCNC(=NCCc1nc(C(F)(F)F)cs1)NCCOc1cccnc1. The molecule has 0 saturated heterocycles. The highest BCUT2D eigenvalue weighted by Gasteiger charge is 2.33. The van der Waals surface area contributed by atoms with Crippen molar-refractivity contribution in [1.29, 1.82) is 0 Å². The summed E-state index contributed by atoms with van der Waals surface area (Å²) in [6.07, 6.45) is -0.754. The molecule has 0 bridgehead atoms. The number of hydrogen-bond acceptors (Lipinski definition) is 5. The van der Waals surface area contributed by atoms with Gasteiger partial charge in [-0.3, -0.25) is 9.98 Å². The Balaban J connectivity index is 1.76. The normalized spacial score (nSPS) is 12.1. The lowest BCUT2D eigenvalue weighted by molar-refractivity contribution is -0.140. The smallest absolute Gasteiger partial charge is 0.434 e. The summed E-state index contributed by atoms with van der Waals surface area (Å²) in [4.78, 5) is 11.9. The molecule has 0 fully saturated rings. The van der Waals surface area contributed by atoms with Crippen LogP contribution in [-0.2, 0) is 12.6 Å². The molecule has 0 saturated carbocycles. The molecule has 2 heterocycles. The Morgan fingerprint density at radius 1 is 1.35 bits per heavy atom. The van der Waals surface area contributed by atoms with Crippen molar-refractivity contribution >= 4 is 17.3 Å². The second-order valence-corrected chi connectivity index (χ2v) is 6.04. The Morgan fingerprint density at radius 3 is 2.85 bits per heavy atom. The van der Waals surface area contributed by atoms with Gasteiger partial charge in [-0.05, 0) is 19.1 Å². The van der Waals surface area contributed by atoms with Crippen molar-refractivity contribution in [1.82, 2.24) is 20.6 Å². The number of rotatable bonds is 8. The number of aromatic nitrogens is 2. The molecule has 10 heteroatoms. The van der Waals surface area contributed by atoms with E-state index in [-0.39, 0.29) is 0 Å². The third kappa shape index (κ3) is 6.87. The first-order valence-corrected chi connectivity index (χ1v) is 8.93. The summed E-state index contributed by atoms with van der Waals surface area (Å²) in [6.45, 7) is 3.89. The zero-order chi connectivity index (χ0) is 18.8. The van der Waals surface area contributed by atoms with E-state index in [1.54, 1.807) is 18.5 Å². The Kier molecular flexibility index (Phi) is 7.64. The second-order valence-electron chi connectivity index (χ2n) is 5.10. The number of pyridine rings is 1. The van der Waals surface area contributed by atoms with Crippen LogP contribution in [0.3, 0.4) is 0 Å². The molecule has 0 spiro atoms. The van der Waals surface area contributed by atoms with E-state index in [9.17, 15) is 13.2 Å². The molecule has 0 atom stereocenters. The lowest BCUT2D eigenvalue weighted by atomic mass is 10.4. The number of halogens is 3. The Labute approximate surface area is 153 Å². The highest BCUT2D eigenvalue weighted by atomic mass is 32.1. The van der Waals surface area contributed by atoms with Gasteiger partial charge >= 0.3 is 6.18 Å². The van der Waals surface area contributed by atoms with Crippen LogP contribution >= 0.6 is 11.3 Å². The molecular weight excluding hydrogens is 367 g/mol. The number of ether oxygens (including phenoxy) is 1. The zero-order valence-corrected chi connectivity index (χ0v) is 15.0. The quantitative estimate of drug-likeness (QED) is 0.414. The van der Waals surface area contributed by atoms with Gasteiger partial charge in [-0.2, -0.15) is 13.2 Å². The van der Waals surface area contributed by atoms with Crippen LogP contribution in [0.4, 0.5) is 13.2 Å². The molecule has 0 unspecified atom stereocenters. The largest absolute Gasteiger partial charge is 0.490 e. The molecule has 6 nitrogen and oxygen atoms in total. The van der Waals surface area contributed by atoms with E-state index in [1.165, 1.54) is 0 Å². The fourth-order valence-corrected chi connectivity index (χ4v) is 2.73. The minimum absolute atomic E-state index is 0.337. The van der Waals surface area contributed by atoms with Crippen molar-refractivity contribution in [2.24, 2.45) is 4.99 Å². The molecule has 0 aliphatic carbocycles. The number of aliphatic imine (C=N–C) groups is 1. The monoisotopic (exact) mass is 387 g/mol. The van der Waals surface area contributed by atoms with E-state index in [4.69, 9.17) is 4.74 Å². The third-order valence-corrected chi connectivity index (χ3v) is 3.99. The van der Waals surface area contributed by atoms with E-state index >= 15 is 0 Å². The van der Waals surface area contributed by atoms with Gasteiger partial charge < -0.3 is 15.4 Å². The molecule has 0 radical (unpaired) electrons. The van der Waals surface area contributed by atoms with E-state index in [0.717, 1.165) is 16.7 Å². The first kappa shape index (κ1) is 20.0. The molecule has 2 rings (SSSR count). The summed E-state index contributed by atoms with van der Waals surface area (Å²) in [5.41, 5.74) is -0.848. The minimum atomic E-state index is -4.40. The molecule has 0 amide bonds. The van der Waals surface area contributed by atoms with Gasteiger partial charge in [0.15, 0.2) is 11.7 Å². The predicted octanol–water partition coefficient (Wildman–Crippen LogP) is 2.73. The maximum atomic E-state index is 12.5. The lowest BCUT2D eigenvalue weighted by Gasteiger charge is -2.11. The predicted molar refractivity (Wildman–Crippen MR) is 94.5 cm³/mol. The number of hydrogen-bond donors (Lipinski definition) is 2. The van der Waals surface area contributed by atoms with E-state index in [0.29, 0.717) is 49.4 Å². The van der Waals surface area contributed by atoms with Gasteiger partial charge in [-0.1, -0.05) is 0 Å². The van der Waals surface area contributed by atoms with Crippen LogP contribution < -0.4 is 15.4 Å². The molecule has 142 valence electrons. The first-order valence-electron chi connectivity index (χ1n) is 8.05. The maximum absolute atomic E-state index is 12.5. The fourth-order valence-electron chi connectivity index (χ4n) is 1.93. The number of nitrogens with one attached hydrogen (secondary N) is 2. The molecule has 2 aromatic heterocycles. The van der Waals surface area contributed by atoms with Crippen LogP contribution in [-0.4, -0.2) is 42.2 Å². The van der Waals surface area contributed by atoms with Crippen molar-refractivity contribution in [2.75, 3.05) is 26.2 Å². The molecule has 2 aromatic rings. The summed E-state index contributed by atoms with van der Waals surface area (Å²) in [5.74, 6) is 1.26. The highest BCUT2D eigenvalue weighted by Crippen LogP contribution is 2.30. The van der Waals surface area contributed by atoms with Crippen LogP contribution in [0.1, 0.15) is 17.6 Å². The van der Waals surface area contributed by atoms with Gasteiger partial charge in [-0.25, -0.2) is 4.98 Å². The number of alkyl halides is 3. The van der Waals surface area contributed by atoms with E-state index in [2.05, 4.69) is 25.6 Å². The molecular formula is C16H20F3N5OS. The molecule has 0 aliphatic rings. The topological polar surface area (TPSA) is 71.4 Å². The van der Waals surface area contributed by atoms with Crippen molar-refractivity contribution in [2.45, 2.75) is 19.5 Å². The van der Waals surface area contributed by atoms with E-state index < -0.39 is 11.9 Å². The number of nitrogens with zero attached hydrogens (tertiary/aromatic N) is 3. The summed E-state index contributed by atoms with van der Waals surface area (Å²) >= 11 is 0.993. The zero-order valence-electron chi connectivity index (χ0n) is 14.2. The maximum Gasteiger partial charge on any atom is 0.434 e. The Morgan fingerprint density at radius 2 is 2.19 bits per heavy atom. The van der Waals surface area contributed by atoms with Crippen LogP contribution in [0.25, 0.3) is 0 Å². The van der Waals surface area contributed by atoms with Crippen LogP contribution in [0, 0.1) is 0 Å². The second kappa shape index (κ2) is 9.95. The standard InChI is InChI=1S/C16H20F3N5OS/c1-2-21-15(23-8-9-25-12-4-3-6-20-10-12)22-7-5-14-24-13(11-26-14)16(17,18)19/h3-4,6,10-11H,2,5,7-9H2,1H3,(H2,21,22,23). The lowest BCUT2D eigenvalue weighted by Crippen LogP contribution is -2.39. The van der Waals surface area contributed by atoms with Crippen LogP contribution in [0.2, 0.25) is 0 Å².